The van der Waals surface area contributed by atoms with Crippen molar-refractivity contribution in [3.05, 3.63) is 35.4 Å². The van der Waals surface area contributed by atoms with Gasteiger partial charge in [0.05, 0.1) is 12.5 Å². The van der Waals surface area contributed by atoms with Crippen molar-refractivity contribution in [1.82, 2.24) is 10.2 Å². The molecular formula is C15H18N2O3. The van der Waals surface area contributed by atoms with Crippen LogP contribution in [0.3, 0.4) is 0 Å². The lowest BCUT2D eigenvalue weighted by molar-refractivity contribution is -0.146. The van der Waals surface area contributed by atoms with E-state index in [4.69, 9.17) is 5.11 Å². The predicted molar refractivity (Wildman–Crippen MR) is 73.1 cm³/mol. The van der Waals surface area contributed by atoms with Crippen LogP contribution in [-0.2, 0) is 22.6 Å². The van der Waals surface area contributed by atoms with Gasteiger partial charge in [-0.25, -0.2) is 0 Å². The lowest BCUT2D eigenvalue weighted by Gasteiger charge is -2.41. The zero-order valence-corrected chi connectivity index (χ0v) is 11.2. The number of carbonyl (C=O) groups is 2. The summed E-state index contributed by atoms with van der Waals surface area (Å²) in [5.74, 6) is -0.569. The molecule has 20 heavy (non-hydrogen) atoms. The molecule has 2 aliphatic rings. The van der Waals surface area contributed by atoms with Crippen LogP contribution in [0.15, 0.2) is 24.3 Å². The van der Waals surface area contributed by atoms with E-state index in [-0.39, 0.29) is 24.3 Å². The highest BCUT2D eigenvalue weighted by atomic mass is 16.4. The predicted octanol–water partition coefficient (Wildman–Crippen LogP) is 0.634. The van der Waals surface area contributed by atoms with E-state index in [2.05, 4.69) is 17.4 Å². The first-order chi connectivity index (χ1) is 9.63. The Morgan fingerprint density at radius 3 is 2.65 bits per heavy atom. The minimum atomic E-state index is -0.785. The highest BCUT2D eigenvalue weighted by Crippen LogP contribution is 2.23. The summed E-state index contributed by atoms with van der Waals surface area (Å²) in [6, 6.07) is 7.98. The van der Waals surface area contributed by atoms with Crippen molar-refractivity contribution in [2.45, 2.75) is 25.4 Å². The lowest BCUT2D eigenvalue weighted by Crippen LogP contribution is -2.57. The number of benzene rings is 1. The first-order valence-electron chi connectivity index (χ1n) is 6.94. The molecular weight excluding hydrogens is 256 g/mol. The van der Waals surface area contributed by atoms with E-state index < -0.39 is 5.97 Å². The first kappa shape index (κ1) is 13.1. The summed E-state index contributed by atoms with van der Waals surface area (Å²) in [5.41, 5.74) is 2.48. The smallest absolute Gasteiger partial charge is 0.303 e. The summed E-state index contributed by atoms with van der Waals surface area (Å²) in [5, 5.41) is 12.0. The van der Waals surface area contributed by atoms with Crippen molar-refractivity contribution in [2.75, 3.05) is 13.1 Å². The van der Waals surface area contributed by atoms with Gasteiger partial charge in [-0.2, -0.15) is 0 Å². The van der Waals surface area contributed by atoms with Crippen molar-refractivity contribution in [2.24, 2.45) is 5.92 Å². The van der Waals surface area contributed by atoms with Crippen molar-refractivity contribution >= 4 is 11.9 Å². The van der Waals surface area contributed by atoms with E-state index in [9.17, 15) is 9.59 Å². The van der Waals surface area contributed by atoms with Gasteiger partial charge in [0.15, 0.2) is 0 Å². The zero-order valence-electron chi connectivity index (χ0n) is 11.2. The SMILES string of the molecule is O=C(O)CC1CN(C(=O)C2Cc3ccccc3CN2)C1. The van der Waals surface area contributed by atoms with Gasteiger partial charge < -0.3 is 15.3 Å². The Hall–Kier alpha value is -1.88. The number of fused-ring (bicyclic) bond motifs is 1. The van der Waals surface area contributed by atoms with Gasteiger partial charge in [0.25, 0.3) is 0 Å². The Bertz CT molecular complexity index is 538. The molecule has 1 atom stereocenters. The van der Waals surface area contributed by atoms with Gasteiger partial charge in [0.1, 0.15) is 0 Å². The number of nitrogens with one attached hydrogen (secondary N) is 1. The largest absolute Gasteiger partial charge is 0.481 e. The summed E-state index contributed by atoms with van der Waals surface area (Å²) in [7, 11) is 0. The summed E-state index contributed by atoms with van der Waals surface area (Å²) in [6.07, 6.45) is 0.875. The number of carboxylic acids is 1. The number of hydrogen-bond acceptors (Lipinski definition) is 3. The minimum absolute atomic E-state index is 0.0983. The van der Waals surface area contributed by atoms with E-state index >= 15 is 0 Å². The molecule has 2 aliphatic heterocycles. The van der Waals surface area contributed by atoms with E-state index in [1.807, 2.05) is 12.1 Å². The topological polar surface area (TPSA) is 69.6 Å². The number of rotatable bonds is 3. The van der Waals surface area contributed by atoms with E-state index in [0.29, 0.717) is 13.1 Å². The normalized spacial score (nSPS) is 22.0. The van der Waals surface area contributed by atoms with Gasteiger partial charge >= 0.3 is 5.97 Å². The number of nitrogens with zero attached hydrogens (tertiary/aromatic N) is 1. The standard InChI is InChI=1S/C15H18N2O3/c18-14(19)5-10-8-17(9-10)15(20)13-6-11-3-1-2-4-12(11)7-16-13/h1-4,10,13,16H,5-9H2,(H,18,19). The van der Waals surface area contributed by atoms with Crippen LogP contribution < -0.4 is 5.32 Å². The Morgan fingerprint density at radius 2 is 1.95 bits per heavy atom. The molecule has 0 aromatic heterocycles. The van der Waals surface area contributed by atoms with E-state index in [0.717, 1.165) is 13.0 Å². The number of aliphatic carboxylic acids is 1. The van der Waals surface area contributed by atoms with Gasteiger partial charge in [-0.15, -0.1) is 0 Å². The second-order valence-electron chi connectivity index (χ2n) is 5.61. The number of hydrogen-bond donors (Lipinski definition) is 2. The van der Waals surface area contributed by atoms with Crippen LogP contribution in [0.2, 0.25) is 0 Å². The van der Waals surface area contributed by atoms with Gasteiger partial charge in [-0.3, -0.25) is 9.59 Å². The van der Waals surface area contributed by atoms with E-state index in [1.54, 1.807) is 4.90 Å². The summed E-state index contributed by atoms with van der Waals surface area (Å²) in [4.78, 5) is 24.7. The molecule has 1 aromatic carbocycles. The highest BCUT2D eigenvalue weighted by Gasteiger charge is 2.36. The lowest BCUT2D eigenvalue weighted by atomic mass is 9.92. The van der Waals surface area contributed by atoms with Crippen LogP contribution in [0.25, 0.3) is 0 Å². The summed E-state index contributed by atoms with van der Waals surface area (Å²) >= 11 is 0. The van der Waals surface area contributed by atoms with Crippen LogP contribution in [0.4, 0.5) is 0 Å². The molecule has 0 aliphatic carbocycles. The quantitative estimate of drug-likeness (QED) is 0.848. The van der Waals surface area contributed by atoms with Gasteiger partial charge in [0.2, 0.25) is 5.91 Å². The maximum atomic E-state index is 12.3. The van der Waals surface area contributed by atoms with Crippen LogP contribution in [0, 0.1) is 5.92 Å². The van der Waals surface area contributed by atoms with Gasteiger partial charge in [-0.1, -0.05) is 24.3 Å². The molecule has 1 fully saturated rings. The van der Waals surface area contributed by atoms with Crippen LogP contribution >= 0.6 is 0 Å². The molecule has 0 radical (unpaired) electrons. The van der Waals surface area contributed by atoms with Crippen LogP contribution in [0.1, 0.15) is 17.5 Å². The fraction of sp³-hybridized carbons (Fsp3) is 0.467. The Morgan fingerprint density at radius 1 is 1.25 bits per heavy atom. The summed E-state index contributed by atoms with van der Waals surface area (Å²) < 4.78 is 0. The van der Waals surface area contributed by atoms with Crippen molar-refractivity contribution in [1.29, 1.82) is 0 Å². The van der Waals surface area contributed by atoms with Gasteiger partial charge in [-0.05, 0) is 17.5 Å². The van der Waals surface area contributed by atoms with Crippen molar-refractivity contribution < 1.29 is 14.7 Å². The summed E-state index contributed by atoms with van der Waals surface area (Å²) in [6.45, 7) is 1.87. The molecule has 1 unspecified atom stereocenters. The Labute approximate surface area is 117 Å². The molecule has 0 spiro atoms. The van der Waals surface area contributed by atoms with Crippen LogP contribution in [-0.4, -0.2) is 41.0 Å². The molecule has 106 valence electrons. The number of amides is 1. The van der Waals surface area contributed by atoms with Crippen LogP contribution in [0.5, 0.6) is 0 Å². The average Bonchev–Trinajstić information content (AvgIpc) is 2.41. The molecule has 5 nitrogen and oxygen atoms in total. The molecule has 1 saturated heterocycles. The second-order valence-corrected chi connectivity index (χ2v) is 5.61. The van der Waals surface area contributed by atoms with Crippen molar-refractivity contribution in [3.63, 3.8) is 0 Å². The third-order valence-corrected chi connectivity index (χ3v) is 4.11. The maximum absolute atomic E-state index is 12.3. The maximum Gasteiger partial charge on any atom is 0.303 e. The number of carboxylic acid groups (broad SMARTS) is 1. The molecule has 0 bridgehead atoms. The van der Waals surface area contributed by atoms with E-state index in [1.165, 1.54) is 11.1 Å². The molecule has 3 rings (SSSR count). The third kappa shape index (κ3) is 2.54. The molecule has 1 amide bonds. The molecule has 0 saturated carbocycles. The fourth-order valence-electron chi connectivity index (χ4n) is 2.98. The molecule has 2 heterocycles. The Balaban J connectivity index is 1.57. The second kappa shape index (κ2) is 5.25. The Kier molecular flexibility index (Phi) is 3.44. The molecule has 2 N–H and O–H groups in total. The highest BCUT2D eigenvalue weighted by molar-refractivity contribution is 5.83. The zero-order chi connectivity index (χ0) is 14.1. The molecule has 5 heteroatoms. The number of likely N-dealkylation sites (tertiary alicyclic amines) is 1. The molecule has 1 aromatic rings. The van der Waals surface area contributed by atoms with Crippen molar-refractivity contribution in [3.8, 4) is 0 Å². The minimum Gasteiger partial charge on any atom is -0.481 e. The first-order valence-corrected chi connectivity index (χ1v) is 6.94. The van der Waals surface area contributed by atoms with Gasteiger partial charge in [0, 0.05) is 25.6 Å². The monoisotopic (exact) mass is 274 g/mol. The third-order valence-electron chi connectivity index (χ3n) is 4.11. The number of carbonyl (C=O) groups excluding carboxylic acids is 1. The fourth-order valence-corrected chi connectivity index (χ4v) is 2.98. The average molecular weight is 274 g/mol.